The predicted molar refractivity (Wildman–Crippen MR) is 110 cm³/mol. The first-order chi connectivity index (χ1) is 13.0. The molecule has 0 saturated heterocycles. The maximum atomic E-state index is 5.39. The molecule has 0 aliphatic heterocycles. The monoisotopic (exact) mass is 393 g/mol. The highest BCUT2D eigenvalue weighted by Crippen LogP contribution is 2.38. The second-order valence-electron chi connectivity index (χ2n) is 5.83. The average Bonchev–Trinajstić information content (AvgIpc) is 3.16. The molecular formula is C18H27N5O3S. The molecule has 8 nitrogen and oxygen atoms in total. The van der Waals surface area contributed by atoms with Crippen LogP contribution in [0.4, 0.5) is 5.13 Å². The number of aromatic nitrogens is 1. The molecule has 0 atom stereocenters. The Labute approximate surface area is 164 Å². The van der Waals surface area contributed by atoms with Crippen LogP contribution < -0.4 is 29.7 Å². The lowest BCUT2D eigenvalue weighted by molar-refractivity contribution is 0.323. The van der Waals surface area contributed by atoms with Crippen LogP contribution in [0.2, 0.25) is 0 Å². The van der Waals surface area contributed by atoms with Crippen LogP contribution in [0.1, 0.15) is 11.3 Å². The normalized spacial score (nSPS) is 11.1. The van der Waals surface area contributed by atoms with Crippen molar-refractivity contribution in [1.29, 1.82) is 0 Å². The van der Waals surface area contributed by atoms with E-state index in [2.05, 4.69) is 20.6 Å². The Balaban J connectivity index is 1.99. The molecule has 27 heavy (non-hydrogen) atoms. The van der Waals surface area contributed by atoms with Gasteiger partial charge < -0.3 is 29.7 Å². The van der Waals surface area contributed by atoms with Crippen LogP contribution in [-0.2, 0) is 13.1 Å². The van der Waals surface area contributed by atoms with Gasteiger partial charge in [0.25, 0.3) is 0 Å². The number of benzene rings is 1. The summed E-state index contributed by atoms with van der Waals surface area (Å²) in [6.45, 7) is 1.15. The van der Waals surface area contributed by atoms with Crippen LogP contribution in [0, 0.1) is 0 Å². The molecule has 0 bridgehead atoms. The van der Waals surface area contributed by atoms with Crippen molar-refractivity contribution in [2.24, 2.45) is 4.99 Å². The summed E-state index contributed by atoms with van der Waals surface area (Å²) in [6, 6.07) is 3.82. The molecule has 2 N–H and O–H groups in total. The summed E-state index contributed by atoms with van der Waals surface area (Å²) in [5, 5.41) is 9.56. The van der Waals surface area contributed by atoms with Gasteiger partial charge in [-0.15, -0.1) is 11.3 Å². The van der Waals surface area contributed by atoms with Crippen molar-refractivity contribution in [1.82, 2.24) is 15.6 Å². The Morgan fingerprint density at radius 2 is 1.70 bits per heavy atom. The van der Waals surface area contributed by atoms with Gasteiger partial charge in [0.1, 0.15) is 0 Å². The third-order valence-corrected chi connectivity index (χ3v) is 4.82. The Morgan fingerprint density at radius 1 is 1.07 bits per heavy atom. The fourth-order valence-electron chi connectivity index (χ4n) is 2.40. The van der Waals surface area contributed by atoms with Crippen molar-refractivity contribution in [3.05, 3.63) is 28.8 Å². The summed E-state index contributed by atoms with van der Waals surface area (Å²) in [7, 11) is 10.5. The summed E-state index contributed by atoms with van der Waals surface area (Å²) >= 11 is 1.61. The zero-order chi connectivity index (χ0) is 19.8. The fraction of sp³-hybridized carbons (Fsp3) is 0.444. The molecule has 0 spiro atoms. The van der Waals surface area contributed by atoms with Crippen LogP contribution >= 0.6 is 11.3 Å². The van der Waals surface area contributed by atoms with Crippen molar-refractivity contribution in [2.75, 3.05) is 47.4 Å². The van der Waals surface area contributed by atoms with Gasteiger partial charge in [0.15, 0.2) is 22.6 Å². The second-order valence-corrected chi connectivity index (χ2v) is 6.67. The minimum Gasteiger partial charge on any atom is -0.493 e. The minimum atomic E-state index is 0.552. The lowest BCUT2D eigenvalue weighted by Gasteiger charge is -2.15. The quantitative estimate of drug-likeness (QED) is 0.525. The molecule has 9 heteroatoms. The number of hydrogen-bond acceptors (Lipinski definition) is 7. The largest absolute Gasteiger partial charge is 0.493 e. The van der Waals surface area contributed by atoms with Crippen molar-refractivity contribution >= 4 is 22.4 Å². The van der Waals surface area contributed by atoms with E-state index in [1.54, 1.807) is 39.7 Å². The van der Waals surface area contributed by atoms with E-state index in [0.717, 1.165) is 16.4 Å². The topological polar surface area (TPSA) is 80.2 Å². The molecule has 0 saturated carbocycles. The Bertz CT molecular complexity index is 751. The summed E-state index contributed by atoms with van der Waals surface area (Å²) in [5.74, 6) is 2.50. The van der Waals surface area contributed by atoms with Crippen molar-refractivity contribution in [3.63, 3.8) is 0 Å². The van der Waals surface area contributed by atoms with Gasteiger partial charge in [-0.3, -0.25) is 4.99 Å². The SMILES string of the molecule is CN=C(NCc1cc(OC)c(OC)c(OC)c1)NCc1csc(N(C)C)n1. The standard InChI is InChI=1S/C18H27N5O3S/c1-19-17(21-10-13-11-27-18(22-13)23(2)3)20-9-12-7-14(24-4)16(26-6)15(8-12)25-5/h7-8,11H,9-10H2,1-6H3,(H2,19,20,21). The maximum Gasteiger partial charge on any atom is 0.203 e. The van der Waals surface area contributed by atoms with E-state index < -0.39 is 0 Å². The third kappa shape index (κ3) is 5.40. The number of aliphatic imine (C=N–C) groups is 1. The molecule has 0 unspecified atom stereocenters. The second kappa shape index (κ2) is 9.86. The molecule has 0 aliphatic carbocycles. The average molecular weight is 394 g/mol. The van der Waals surface area contributed by atoms with E-state index >= 15 is 0 Å². The van der Waals surface area contributed by atoms with Crippen LogP contribution in [0.25, 0.3) is 0 Å². The van der Waals surface area contributed by atoms with E-state index in [-0.39, 0.29) is 0 Å². The smallest absolute Gasteiger partial charge is 0.203 e. The highest BCUT2D eigenvalue weighted by atomic mass is 32.1. The summed E-state index contributed by atoms with van der Waals surface area (Å²) < 4.78 is 16.1. The van der Waals surface area contributed by atoms with Crippen molar-refractivity contribution < 1.29 is 14.2 Å². The van der Waals surface area contributed by atoms with Gasteiger partial charge in [-0.25, -0.2) is 4.98 Å². The number of rotatable bonds is 8. The molecule has 0 fully saturated rings. The van der Waals surface area contributed by atoms with Gasteiger partial charge in [-0.2, -0.15) is 0 Å². The van der Waals surface area contributed by atoms with Gasteiger partial charge in [0.05, 0.1) is 33.6 Å². The number of anilines is 1. The fourth-order valence-corrected chi connectivity index (χ4v) is 3.16. The number of nitrogens with one attached hydrogen (secondary N) is 2. The first kappa shape index (κ1) is 20.6. The molecule has 2 aromatic rings. The van der Waals surface area contributed by atoms with E-state index in [1.807, 2.05) is 36.5 Å². The van der Waals surface area contributed by atoms with Gasteiger partial charge in [-0.05, 0) is 17.7 Å². The van der Waals surface area contributed by atoms with Crippen LogP contribution in [0.5, 0.6) is 17.2 Å². The molecule has 0 amide bonds. The number of nitrogens with zero attached hydrogens (tertiary/aromatic N) is 3. The van der Waals surface area contributed by atoms with Crippen molar-refractivity contribution in [3.8, 4) is 17.2 Å². The molecule has 1 heterocycles. The molecule has 2 rings (SSSR count). The molecule has 1 aromatic carbocycles. The number of thiazole rings is 1. The molecule has 1 aromatic heterocycles. The zero-order valence-corrected chi connectivity index (χ0v) is 17.4. The summed E-state index contributed by atoms with van der Waals surface area (Å²) in [5.41, 5.74) is 1.95. The lowest BCUT2D eigenvalue weighted by atomic mass is 10.2. The highest BCUT2D eigenvalue weighted by Gasteiger charge is 2.13. The van der Waals surface area contributed by atoms with Crippen LogP contribution in [0.15, 0.2) is 22.5 Å². The molecule has 0 aliphatic rings. The van der Waals surface area contributed by atoms with Gasteiger partial charge in [0.2, 0.25) is 5.75 Å². The van der Waals surface area contributed by atoms with E-state index in [9.17, 15) is 0 Å². The van der Waals surface area contributed by atoms with E-state index in [1.165, 1.54) is 0 Å². The zero-order valence-electron chi connectivity index (χ0n) is 16.6. The first-order valence-electron chi connectivity index (χ1n) is 8.37. The van der Waals surface area contributed by atoms with Gasteiger partial charge in [-0.1, -0.05) is 0 Å². The number of hydrogen-bond donors (Lipinski definition) is 2. The van der Waals surface area contributed by atoms with E-state index in [0.29, 0.717) is 36.3 Å². The predicted octanol–water partition coefficient (Wildman–Crippen LogP) is 2.10. The van der Waals surface area contributed by atoms with E-state index in [4.69, 9.17) is 14.2 Å². The summed E-state index contributed by atoms with van der Waals surface area (Å²) in [4.78, 5) is 10.8. The molecule has 148 valence electrons. The highest BCUT2D eigenvalue weighted by molar-refractivity contribution is 7.13. The lowest BCUT2D eigenvalue weighted by Crippen LogP contribution is -2.36. The summed E-state index contributed by atoms with van der Waals surface area (Å²) in [6.07, 6.45) is 0. The van der Waals surface area contributed by atoms with Crippen LogP contribution in [-0.4, -0.2) is 53.4 Å². The Morgan fingerprint density at radius 3 is 2.19 bits per heavy atom. The van der Waals surface area contributed by atoms with Crippen molar-refractivity contribution in [2.45, 2.75) is 13.1 Å². The number of methoxy groups -OCH3 is 3. The van der Waals surface area contributed by atoms with Gasteiger partial charge >= 0.3 is 0 Å². The first-order valence-corrected chi connectivity index (χ1v) is 9.25. The maximum absolute atomic E-state index is 5.39. The van der Waals surface area contributed by atoms with Crippen LogP contribution in [0.3, 0.4) is 0 Å². The number of guanidine groups is 1. The molecular weight excluding hydrogens is 366 g/mol. The Hall–Kier alpha value is -2.68. The minimum absolute atomic E-state index is 0.552. The number of ether oxygens (including phenoxy) is 3. The Kier molecular flexibility index (Phi) is 7.54. The molecule has 0 radical (unpaired) electrons. The third-order valence-electron chi connectivity index (χ3n) is 3.77. The van der Waals surface area contributed by atoms with Gasteiger partial charge in [0, 0.05) is 33.1 Å².